The average Bonchev–Trinajstić information content (AvgIpc) is 3.56. The van der Waals surface area contributed by atoms with Crippen molar-refractivity contribution in [1.82, 2.24) is 19.9 Å². The van der Waals surface area contributed by atoms with E-state index in [0.29, 0.717) is 40.4 Å². The number of nitrogens with zero attached hydrogens (tertiary/aromatic N) is 5. The SMILES string of the molecule is Nn1c(SCC(=O)N2N=C(c3ccco3)CC2c2ccco2)nnc1-c1ccco1. The molecule has 11 heteroatoms. The van der Waals surface area contributed by atoms with Gasteiger partial charge in [0, 0.05) is 6.42 Å². The summed E-state index contributed by atoms with van der Waals surface area (Å²) in [5.74, 6) is 8.06. The number of furan rings is 3. The summed E-state index contributed by atoms with van der Waals surface area (Å²) in [6, 6.07) is 10.3. The molecule has 0 bridgehead atoms. The lowest BCUT2D eigenvalue weighted by molar-refractivity contribution is -0.130. The van der Waals surface area contributed by atoms with E-state index in [-0.39, 0.29) is 17.7 Å². The largest absolute Gasteiger partial charge is 0.467 e. The van der Waals surface area contributed by atoms with Gasteiger partial charge in [0.2, 0.25) is 11.0 Å². The van der Waals surface area contributed by atoms with Crippen molar-refractivity contribution in [3.05, 3.63) is 66.7 Å². The van der Waals surface area contributed by atoms with Crippen LogP contribution in [0.25, 0.3) is 11.6 Å². The van der Waals surface area contributed by atoms with Gasteiger partial charge in [-0.15, -0.1) is 10.2 Å². The van der Waals surface area contributed by atoms with Gasteiger partial charge in [-0.2, -0.15) is 5.10 Å². The van der Waals surface area contributed by atoms with Crippen LogP contribution < -0.4 is 5.84 Å². The zero-order valence-electron chi connectivity index (χ0n) is 15.5. The molecule has 0 saturated carbocycles. The molecule has 1 amide bonds. The first-order chi connectivity index (χ1) is 14.7. The molecule has 4 aromatic rings. The number of thioether (sulfide) groups is 1. The van der Waals surface area contributed by atoms with Gasteiger partial charge in [-0.1, -0.05) is 11.8 Å². The van der Waals surface area contributed by atoms with Crippen LogP contribution >= 0.6 is 11.8 Å². The van der Waals surface area contributed by atoms with E-state index in [1.54, 1.807) is 36.8 Å². The van der Waals surface area contributed by atoms with Crippen molar-refractivity contribution >= 4 is 23.4 Å². The maximum Gasteiger partial charge on any atom is 0.253 e. The number of aromatic nitrogens is 3. The predicted molar refractivity (Wildman–Crippen MR) is 107 cm³/mol. The van der Waals surface area contributed by atoms with E-state index in [1.807, 2.05) is 12.1 Å². The summed E-state index contributed by atoms with van der Waals surface area (Å²) in [4.78, 5) is 13.0. The third kappa shape index (κ3) is 3.28. The molecule has 2 N–H and O–H groups in total. The third-order valence-corrected chi connectivity index (χ3v) is 5.50. The van der Waals surface area contributed by atoms with E-state index in [4.69, 9.17) is 19.1 Å². The lowest BCUT2D eigenvalue weighted by Gasteiger charge is -2.19. The smallest absolute Gasteiger partial charge is 0.253 e. The molecular weight excluding hydrogens is 408 g/mol. The summed E-state index contributed by atoms with van der Waals surface area (Å²) in [5.41, 5.74) is 0.682. The maximum absolute atomic E-state index is 13.0. The normalized spacial score (nSPS) is 16.2. The molecule has 0 aliphatic carbocycles. The highest BCUT2D eigenvalue weighted by Gasteiger charge is 2.35. The summed E-state index contributed by atoms with van der Waals surface area (Å²) >= 11 is 1.17. The van der Waals surface area contributed by atoms with Crippen LogP contribution in [-0.4, -0.2) is 37.3 Å². The first-order valence-corrected chi connectivity index (χ1v) is 10.0. The Labute approximate surface area is 174 Å². The van der Waals surface area contributed by atoms with Crippen molar-refractivity contribution in [1.29, 1.82) is 0 Å². The molecule has 0 fully saturated rings. The Morgan fingerprint density at radius 2 is 1.80 bits per heavy atom. The molecule has 4 aromatic heterocycles. The number of hydrogen-bond donors (Lipinski definition) is 1. The molecule has 1 atom stereocenters. The van der Waals surface area contributed by atoms with Gasteiger partial charge in [0.1, 0.15) is 23.3 Å². The van der Waals surface area contributed by atoms with Gasteiger partial charge >= 0.3 is 0 Å². The Morgan fingerprint density at radius 3 is 2.50 bits per heavy atom. The molecule has 152 valence electrons. The number of amides is 1. The van der Waals surface area contributed by atoms with Gasteiger partial charge in [0.15, 0.2) is 5.76 Å². The van der Waals surface area contributed by atoms with Crippen molar-refractivity contribution in [3.63, 3.8) is 0 Å². The van der Waals surface area contributed by atoms with Crippen LogP contribution in [0.2, 0.25) is 0 Å². The number of nitrogens with two attached hydrogens (primary N) is 1. The minimum absolute atomic E-state index is 0.0691. The zero-order valence-corrected chi connectivity index (χ0v) is 16.4. The van der Waals surface area contributed by atoms with Crippen LogP contribution in [-0.2, 0) is 4.79 Å². The molecule has 1 aliphatic heterocycles. The van der Waals surface area contributed by atoms with Gasteiger partial charge in [0.05, 0.1) is 24.5 Å². The first kappa shape index (κ1) is 18.3. The van der Waals surface area contributed by atoms with Crippen LogP contribution in [0.3, 0.4) is 0 Å². The van der Waals surface area contributed by atoms with Crippen molar-refractivity contribution < 1.29 is 18.0 Å². The standard InChI is InChI=1S/C19H16N6O4S/c20-24-18(16-6-3-9-29-16)21-22-19(24)30-11-17(26)25-13(15-5-2-8-28-15)10-12(23-25)14-4-1-7-27-14/h1-9,13H,10-11,20H2. The fourth-order valence-corrected chi connectivity index (χ4v) is 3.89. The summed E-state index contributed by atoms with van der Waals surface area (Å²) in [5, 5.41) is 14.4. The van der Waals surface area contributed by atoms with Gasteiger partial charge < -0.3 is 19.1 Å². The fraction of sp³-hybridized carbons (Fsp3) is 0.158. The van der Waals surface area contributed by atoms with Gasteiger partial charge in [-0.3, -0.25) is 4.79 Å². The molecule has 0 saturated heterocycles. The van der Waals surface area contributed by atoms with Gasteiger partial charge in [-0.05, 0) is 36.4 Å². The molecule has 0 aromatic carbocycles. The van der Waals surface area contributed by atoms with E-state index >= 15 is 0 Å². The van der Waals surface area contributed by atoms with Gasteiger partial charge in [-0.25, -0.2) is 9.69 Å². The van der Waals surface area contributed by atoms with E-state index in [0.717, 1.165) is 0 Å². The highest BCUT2D eigenvalue weighted by atomic mass is 32.2. The number of rotatable bonds is 6. The number of hydrogen-bond acceptors (Lipinski definition) is 9. The first-order valence-electron chi connectivity index (χ1n) is 9.04. The van der Waals surface area contributed by atoms with Crippen molar-refractivity contribution in [2.75, 3.05) is 11.6 Å². The quantitative estimate of drug-likeness (QED) is 0.369. The number of carbonyl (C=O) groups is 1. The van der Waals surface area contributed by atoms with Crippen molar-refractivity contribution in [3.8, 4) is 11.6 Å². The molecule has 1 aliphatic rings. The second kappa shape index (κ2) is 7.59. The fourth-order valence-electron chi connectivity index (χ4n) is 3.18. The minimum Gasteiger partial charge on any atom is -0.467 e. The predicted octanol–water partition coefficient (Wildman–Crippen LogP) is 2.91. The summed E-state index contributed by atoms with van der Waals surface area (Å²) < 4.78 is 17.6. The second-order valence-corrected chi connectivity index (χ2v) is 7.38. The molecular formula is C19H16N6O4S. The molecule has 10 nitrogen and oxygen atoms in total. The van der Waals surface area contributed by atoms with Gasteiger partial charge in [0.25, 0.3) is 5.91 Å². The molecule has 0 spiro atoms. The molecule has 30 heavy (non-hydrogen) atoms. The molecule has 5 rings (SSSR count). The number of hydrazone groups is 1. The summed E-state index contributed by atoms with van der Waals surface area (Å²) in [6.07, 6.45) is 5.17. The summed E-state index contributed by atoms with van der Waals surface area (Å²) in [7, 11) is 0. The lowest BCUT2D eigenvalue weighted by atomic mass is 10.1. The number of carbonyl (C=O) groups excluding carboxylic acids is 1. The zero-order chi connectivity index (χ0) is 20.5. The highest BCUT2D eigenvalue weighted by molar-refractivity contribution is 7.99. The Hall–Kier alpha value is -3.73. The van der Waals surface area contributed by atoms with Crippen molar-refractivity contribution in [2.24, 2.45) is 5.10 Å². The molecule has 1 unspecified atom stereocenters. The Bertz CT molecular complexity index is 1160. The van der Waals surface area contributed by atoms with E-state index in [2.05, 4.69) is 15.3 Å². The van der Waals surface area contributed by atoms with Crippen molar-refractivity contribution in [2.45, 2.75) is 17.6 Å². The maximum atomic E-state index is 13.0. The van der Waals surface area contributed by atoms with Crippen LogP contribution in [0.15, 0.2) is 78.7 Å². The topological polar surface area (TPSA) is 129 Å². The van der Waals surface area contributed by atoms with E-state index in [9.17, 15) is 4.79 Å². The molecule has 5 heterocycles. The third-order valence-electron chi connectivity index (χ3n) is 4.57. The van der Waals surface area contributed by atoms with E-state index < -0.39 is 0 Å². The monoisotopic (exact) mass is 424 g/mol. The van der Waals surface area contributed by atoms with Crippen LogP contribution in [0.1, 0.15) is 24.0 Å². The Balaban J connectivity index is 1.34. The van der Waals surface area contributed by atoms with Crippen LogP contribution in [0.4, 0.5) is 0 Å². The minimum atomic E-state index is -0.345. The van der Waals surface area contributed by atoms with E-state index in [1.165, 1.54) is 27.7 Å². The average molecular weight is 424 g/mol. The Morgan fingerprint density at radius 1 is 1.07 bits per heavy atom. The van der Waals surface area contributed by atoms with Crippen LogP contribution in [0, 0.1) is 0 Å². The van der Waals surface area contributed by atoms with Crippen LogP contribution in [0.5, 0.6) is 0 Å². The Kier molecular flexibility index (Phi) is 4.64. The lowest BCUT2D eigenvalue weighted by Crippen LogP contribution is -2.28. The highest BCUT2D eigenvalue weighted by Crippen LogP contribution is 2.34. The number of nitrogen functional groups attached to an aromatic ring is 1. The second-order valence-electron chi connectivity index (χ2n) is 6.44. The molecule has 0 radical (unpaired) electrons. The summed E-state index contributed by atoms with van der Waals surface area (Å²) in [6.45, 7) is 0.